The summed E-state index contributed by atoms with van der Waals surface area (Å²) in [6.45, 7) is 5.08. The molecule has 0 fully saturated rings. The zero-order chi connectivity index (χ0) is 17.6. The number of pyridine rings is 1. The van der Waals surface area contributed by atoms with Crippen LogP contribution in [-0.2, 0) is 6.42 Å². The summed E-state index contributed by atoms with van der Waals surface area (Å²) in [6, 6.07) is 15.6. The number of nitrogens with zero attached hydrogens (tertiary/aromatic N) is 1. The van der Waals surface area contributed by atoms with E-state index in [0.29, 0.717) is 18.7 Å². The largest absolute Gasteiger partial charge is 0.494 e. The van der Waals surface area contributed by atoms with E-state index in [1.807, 2.05) is 50.2 Å². The first kappa shape index (κ1) is 17.0. The van der Waals surface area contributed by atoms with E-state index in [0.717, 1.165) is 34.2 Å². The molecule has 0 radical (unpaired) electrons. The van der Waals surface area contributed by atoms with Crippen LogP contribution in [0.15, 0.2) is 54.7 Å². The van der Waals surface area contributed by atoms with Crippen molar-refractivity contribution >= 4 is 16.8 Å². The molecule has 2 aromatic carbocycles. The third kappa shape index (κ3) is 3.97. The smallest absolute Gasteiger partial charge is 0.251 e. The van der Waals surface area contributed by atoms with Crippen molar-refractivity contribution in [3.05, 3.63) is 71.4 Å². The van der Waals surface area contributed by atoms with Crippen LogP contribution in [0.3, 0.4) is 0 Å². The summed E-state index contributed by atoms with van der Waals surface area (Å²) in [5, 5.41) is 4.10. The summed E-state index contributed by atoms with van der Waals surface area (Å²) in [7, 11) is 0. The van der Waals surface area contributed by atoms with Gasteiger partial charge in [0.05, 0.1) is 12.1 Å². The SMILES string of the molecule is CCOc1ccc(C(=O)NCCc2cccc3cccnc23)cc1C. The molecule has 1 aromatic heterocycles. The topological polar surface area (TPSA) is 51.2 Å². The number of hydrogen-bond donors (Lipinski definition) is 1. The van der Waals surface area contributed by atoms with Crippen LogP contribution in [-0.4, -0.2) is 24.0 Å². The second-order valence-corrected chi connectivity index (χ2v) is 5.91. The molecule has 0 unspecified atom stereocenters. The Bertz CT molecular complexity index is 885. The highest BCUT2D eigenvalue weighted by Crippen LogP contribution is 2.19. The molecule has 4 heteroatoms. The molecule has 3 rings (SSSR count). The molecular formula is C21H22N2O2. The van der Waals surface area contributed by atoms with Crippen LogP contribution in [0.4, 0.5) is 0 Å². The fourth-order valence-corrected chi connectivity index (χ4v) is 2.89. The van der Waals surface area contributed by atoms with Gasteiger partial charge in [0.2, 0.25) is 0 Å². The Kier molecular flexibility index (Phi) is 5.29. The van der Waals surface area contributed by atoms with Crippen molar-refractivity contribution in [2.24, 2.45) is 0 Å². The van der Waals surface area contributed by atoms with Gasteiger partial charge in [-0.25, -0.2) is 0 Å². The molecule has 1 N–H and O–H groups in total. The van der Waals surface area contributed by atoms with E-state index in [1.54, 1.807) is 12.3 Å². The molecule has 0 saturated heterocycles. The third-order valence-electron chi connectivity index (χ3n) is 4.13. The molecule has 0 saturated carbocycles. The van der Waals surface area contributed by atoms with Gasteiger partial charge < -0.3 is 10.1 Å². The molecule has 1 amide bonds. The van der Waals surface area contributed by atoms with Crippen LogP contribution in [0.5, 0.6) is 5.75 Å². The van der Waals surface area contributed by atoms with E-state index in [4.69, 9.17) is 4.74 Å². The maximum absolute atomic E-state index is 12.4. The summed E-state index contributed by atoms with van der Waals surface area (Å²) in [6.07, 6.45) is 2.54. The Morgan fingerprint density at radius 2 is 2.00 bits per heavy atom. The first-order chi connectivity index (χ1) is 12.2. The number of rotatable bonds is 6. The molecule has 0 spiro atoms. The molecule has 0 aliphatic carbocycles. The molecule has 0 atom stereocenters. The Morgan fingerprint density at radius 1 is 1.16 bits per heavy atom. The summed E-state index contributed by atoms with van der Waals surface area (Å²) < 4.78 is 5.51. The maximum atomic E-state index is 12.4. The fraction of sp³-hybridized carbons (Fsp3) is 0.238. The van der Waals surface area contributed by atoms with E-state index in [9.17, 15) is 4.79 Å². The van der Waals surface area contributed by atoms with E-state index < -0.39 is 0 Å². The normalized spacial score (nSPS) is 10.6. The lowest BCUT2D eigenvalue weighted by Gasteiger charge is -2.10. The lowest BCUT2D eigenvalue weighted by molar-refractivity contribution is 0.0954. The van der Waals surface area contributed by atoms with Crippen LogP contribution in [0, 0.1) is 6.92 Å². The molecule has 1 heterocycles. The van der Waals surface area contributed by atoms with Gasteiger partial charge in [-0.15, -0.1) is 0 Å². The number of para-hydroxylation sites is 1. The molecule has 0 aliphatic rings. The monoisotopic (exact) mass is 334 g/mol. The van der Waals surface area contributed by atoms with Gasteiger partial charge >= 0.3 is 0 Å². The van der Waals surface area contributed by atoms with Crippen molar-refractivity contribution in [2.75, 3.05) is 13.2 Å². The predicted molar refractivity (Wildman–Crippen MR) is 100 cm³/mol. The van der Waals surface area contributed by atoms with Crippen LogP contribution in [0.25, 0.3) is 10.9 Å². The van der Waals surface area contributed by atoms with Gasteiger partial charge in [-0.3, -0.25) is 9.78 Å². The van der Waals surface area contributed by atoms with Gasteiger partial charge in [-0.2, -0.15) is 0 Å². The predicted octanol–water partition coefficient (Wildman–Crippen LogP) is 3.91. The summed E-state index contributed by atoms with van der Waals surface area (Å²) in [5.41, 5.74) is 3.75. The highest BCUT2D eigenvalue weighted by molar-refractivity contribution is 5.94. The Morgan fingerprint density at radius 3 is 2.80 bits per heavy atom. The number of fused-ring (bicyclic) bond motifs is 1. The molecular weight excluding hydrogens is 312 g/mol. The van der Waals surface area contributed by atoms with Crippen molar-refractivity contribution in [2.45, 2.75) is 20.3 Å². The second-order valence-electron chi connectivity index (χ2n) is 5.91. The average Bonchev–Trinajstić information content (AvgIpc) is 2.63. The summed E-state index contributed by atoms with van der Waals surface area (Å²) >= 11 is 0. The average molecular weight is 334 g/mol. The summed E-state index contributed by atoms with van der Waals surface area (Å²) in [5.74, 6) is 0.750. The number of amides is 1. The van der Waals surface area contributed by atoms with E-state index in [1.165, 1.54) is 0 Å². The van der Waals surface area contributed by atoms with Crippen LogP contribution in [0.2, 0.25) is 0 Å². The Hall–Kier alpha value is -2.88. The van der Waals surface area contributed by atoms with Crippen molar-refractivity contribution in [3.8, 4) is 5.75 Å². The zero-order valence-corrected chi connectivity index (χ0v) is 14.6. The molecule has 4 nitrogen and oxygen atoms in total. The molecule has 0 bridgehead atoms. The lowest BCUT2D eigenvalue weighted by Crippen LogP contribution is -2.25. The highest BCUT2D eigenvalue weighted by Gasteiger charge is 2.08. The van der Waals surface area contributed by atoms with Gasteiger partial charge in [-0.1, -0.05) is 24.3 Å². The fourth-order valence-electron chi connectivity index (χ4n) is 2.89. The minimum absolute atomic E-state index is 0.0701. The molecule has 3 aromatic rings. The van der Waals surface area contributed by atoms with Gasteiger partial charge in [0.15, 0.2) is 0 Å². The van der Waals surface area contributed by atoms with Gasteiger partial charge in [-0.05, 0) is 55.7 Å². The van der Waals surface area contributed by atoms with E-state index in [2.05, 4.69) is 16.4 Å². The number of nitrogens with one attached hydrogen (secondary N) is 1. The lowest BCUT2D eigenvalue weighted by atomic mass is 10.1. The molecule has 0 aliphatic heterocycles. The van der Waals surface area contributed by atoms with Crippen LogP contribution in [0.1, 0.15) is 28.4 Å². The minimum Gasteiger partial charge on any atom is -0.494 e. The van der Waals surface area contributed by atoms with E-state index in [-0.39, 0.29) is 5.91 Å². The highest BCUT2D eigenvalue weighted by atomic mass is 16.5. The van der Waals surface area contributed by atoms with Crippen molar-refractivity contribution < 1.29 is 9.53 Å². The van der Waals surface area contributed by atoms with Crippen LogP contribution < -0.4 is 10.1 Å². The Balaban J connectivity index is 1.63. The number of aromatic nitrogens is 1. The second kappa shape index (κ2) is 7.79. The number of carbonyl (C=O) groups excluding carboxylic acids is 1. The first-order valence-corrected chi connectivity index (χ1v) is 8.53. The zero-order valence-electron chi connectivity index (χ0n) is 14.6. The first-order valence-electron chi connectivity index (χ1n) is 8.53. The Labute approximate surface area is 147 Å². The van der Waals surface area contributed by atoms with Gasteiger partial charge in [0.25, 0.3) is 5.91 Å². The number of aryl methyl sites for hydroxylation is 1. The molecule has 128 valence electrons. The van der Waals surface area contributed by atoms with E-state index >= 15 is 0 Å². The number of carbonyl (C=O) groups is 1. The van der Waals surface area contributed by atoms with Gasteiger partial charge in [0.1, 0.15) is 5.75 Å². The van der Waals surface area contributed by atoms with Crippen LogP contribution >= 0.6 is 0 Å². The summed E-state index contributed by atoms with van der Waals surface area (Å²) in [4.78, 5) is 16.8. The van der Waals surface area contributed by atoms with Crippen molar-refractivity contribution in [1.29, 1.82) is 0 Å². The third-order valence-corrected chi connectivity index (χ3v) is 4.13. The maximum Gasteiger partial charge on any atom is 0.251 e. The number of benzene rings is 2. The standard InChI is InChI=1S/C21H22N2O2/c1-3-25-19-10-9-18(14-15(19)2)21(24)23-13-11-17-7-4-6-16-8-5-12-22-20(16)17/h4-10,12,14H,3,11,13H2,1-2H3,(H,23,24). The van der Waals surface area contributed by atoms with Crippen molar-refractivity contribution in [3.63, 3.8) is 0 Å². The number of ether oxygens (including phenoxy) is 1. The quantitative estimate of drug-likeness (QED) is 0.743. The van der Waals surface area contributed by atoms with Crippen molar-refractivity contribution in [1.82, 2.24) is 10.3 Å². The van der Waals surface area contributed by atoms with Gasteiger partial charge in [0, 0.05) is 23.7 Å². The minimum atomic E-state index is -0.0701. The number of hydrogen-bond acceptors (Lipinski definition) is 3. The molecule has 25 heavy (non-hydrogen) atoms.